The Balaban J connectivity index is 0.00000481. The molecule has 0 saturated carbocycles. The van der Waals surface area contributed by atoms with E-state index in [4.69, 9.17) is 9.29 Å². The molecule has 0 radical (unpaired) electrons. The van der Waals surface area contributed by atoms with Gasteiger partial charge in [-0.25, -0.2) is 9.78 Å². The Bertz CT molecular complexity index is 1270. The molecule has 1 aromatic heterocycles. The van der Waals surface area contributed by atoms with Crippen molar-refractivity contribution >= 4 is 39.3 Å². The Labute approximate surface area is 220 Å². The van der Waals surface area contributed by atoms with Crippen molar-refractivity contribution in [2.75, 3.05) is 11.8 Å². The lowest BCUT2D eigenvalue weighted by Crippen LogP contribution is -2.49. The minimum atomic E-state index is -4.38. The first-order valence-corrected chi connectivity index (χ1v) is 13.5. The zero-order valence-electron chi connectivity index (χ0n) is 20.5. The molecule has 2 unspecified atom stereocenters. The molecule has 13 heteroatoms. The van der Waals surface area contributed by atoms with Gasteiger partial charge in [-0.2, -0.15) is 8.42 Å². The van der Waals surface area contributed by atoms with Crippen molar-refractivity contribution in [2.45, 2.75) is 38.3 Å². The summed E-state index contributed by atoms with van der Waals surface area (Å²) in [4.78, 5) is 29.9. The number of carbonyl (C=O) groups excluding carboxylic acids is 2. The number of rotatable bonds is 11. The molecule has 2 atom stereocenters. The summed E-state index contributed by atoms with van der Waals surface area (Å²) in [7, 11) is -3.15. The number of methoxy groups -OCH3 is 1. The van der Waals surface area contributed by atoms with Crippen LogP contribution in [-0.2, 0) is 39.1 Å². The van der Waals surface area contributed by atoms with Crippen molar-refractivity contribution in [1.29, 1.82) is 0 Å². The monoisotopic (exact) mass is 549 g/mol. The van der Waals surface area contributed by atoms with Gasteiger partial charge in [-0.3, -0.25) is 14.1 Å². The predicted octanol–water partition coefficient (Wildman–Crippen LogP) is 3.45. The molecule has 2 amide bonds. The largest absolute Gasteiger partial charge is 0.453 e. The minimum Gasteiger partial charge on any atom is -0.453 e. The van der Waals surface area contributed by atoms with Crippen molar-refractivity contribution < 1.29 is 27.3 Å². The number of nitrogens with one attached hydrogen (secondary N) is 3. The summed E-state index contributed by atoms with van der Waals surface area (Å²) in [5, 5.41) is 8.42. The van der Waals surface area contributed by atoms with Crippen LogP contribution in [0.1, 0.15) is 34.8 Å². The molecule has 0 saturated heterocycles. The van der Waals surface area contributed by atoms with Gasteiger partial charge in [0, 0.05) is 11.8 Å². The SMILES string of the molecule is CCc1nc(C(Cc2ccc(NS(=O)(=O)O)cc2)NC(=O)C(Cc2ccccc2)NC(=O)OC)cs1.N. The maximum absolute atomic E-state index is 13.3. The Morgan fingerprint density at radius 1 is 1.03 bits per heavy atom. The van der Waals surface area contributed by atoms with E-state index in [1.165, 1.54) is 30.6 Å². The number of aromatic nitrogens is 1. The summed E-state index contributed by atoms with van der Waals surface area (Å²) in [6.07, 6.45) is 0.663. The first-order valence-electron chi connectivity index (χ1n) is 11.1. The van der Waals surface area contributed by atoms with Gasteiger partial charge in [0.2, 0.25) is 5.91 Å². The van der Waals surface area contributed by atoms with E-state index in [9.17, 15) is 18.0 Å². The van der Waals surface area contributed by atoms with Crippen LogP contribution >= 0.6 is 11.3 Å². The third-order valence-corrected chi connectivity index (χ3v) is 6.77. The second-order valence-corrected chi connectivity index (χ2v) is 10.0. The molecular formula is C24H31N5O6S2. The Kier molecular flexibility index (Phi) is 11.0. The highest BCUT2D eigenvalue weighted by Gasteiger charge is 2.26. The van der Waals surface area contributed by atoms with Gasteiger partial charge in [0.25, 0.3) is 0 Å². The number of carbonyl (C=O) groups is 2. The standard InChI is InChI=1S/C24H28N4O6S2.H3N/c1-3-22-25-21(15-35-22)19(13-17-9-11-18(12-10-17)28-36(31,32)33)26-23(29)20(27-24(30)34-2)14-16-7-5-4-6-8-16;/h4-12,15,19-20,28H,3,13-14H2,1-2H3,(H,26,29)(H,27,30)(H,31,32,33);1H3. The van der Waals surface area contributed by atoms with Gasteiger partial charge >= 0.3 is 16.4 Å². The molecule has 0 fully saturated rings. The number of hydrogen-bond donors (Lipinski definition) is 5. The van der Waals surface area contributed by atoms with E-state index in [0.29, 0.717) is 12.1 Å². The second kappa shape index (κ2) is 13.7. The summed E-state index contributed by atoms with van der Waals surface area (Å²) in [5.74, 6) is -0.398. The maximum atomic E-state index is 13.3. The van der Waals surface area contributed by atoms with Crippen LogP contribution in [0.5, 0.6) is 0 Å². The van der Waals surface area contributed by atoms with Gasteiger partial charge in [0.15, 0.2) is 0 Å². The smallest absolute Gasteiger partial charge is 0.407 e. The van der Waals surface area contributed by atoms with Crippen molar-refractivity contribution in [1.82, 2.24) is 21.8 Å². The molecule has 0 aliphatic rings. The maximum Gasteiger partial charge on any atom is 0.407 e. The molecule has 3 aromatic rings. The fourth-order valence-electron chi connectivity index (χ4n) is 3.50. The summed E-state index contributed by atoms with van der Waals surface area (Å²) in [6, 6.07) is 14.3. The van der Waals surface area contributed by atoms with Crippen LogP contribution < -0.4 is 21.5 Å². The average molecular weight is 550 g/mol. The molecule has 0 spiro atoms. The quantitative estimate of drug-likeness (QED) is 0.225. The number of alkyl carbamates (subject to hydrolysis) is 1. The fourth-order valence-corrected chi connectivity index (χ4v) is 4.74. The molecule has 2 aromatic carbocycles. The Morgan fingerprint density at radius 2 is 1.68 bits per heavy atom. The van der Waals surface area contributed by atoms with Crippen LogP contribution in [0.25, 0.3) is 0 Å². The average Bonchev–Trinajstić information content (AvgIpc) is 3.33. The minimum absolute atomic E-state index is 0. The van der Waals surface area contributed by atoms with Gasteiger partial charge < -0.3 is 21.5 Å². The summed E-state index contributed by atoms with van der Waals surface area (Å²) < 4.78 is 37.8. The van der Waals surface area contributed by atoms with Crippen LogP contribution in [0, 0.1) is 0 Å². The van der Waals surface area contributed by atoms with E-state index in [1.54, 1.807) is 12.1 Å². The molecule has 1 heterocycles. The van der Waals surface area contributed by atoms with Crippen molar-refractivity contribution in [3.05, 3.63) is 81.8 Å². The number of nitrogens with zero attached hydrogens (tertiary/aromatic N) is 1. The molecule has 0 aliphatic heterocycles. The lowest BCUT2D eigenvalue weighted by atomic mass is 10.0. The first kappa shape index (κ1) is 29.7. The number of amides is 2. The second-order valence-electron chi connectivity index (χ2n) is 7.94. The molecule has 37 heavy (non-hydrogen) atoms. The van der Waals surface area contributed by atoms with Crippen molar-refractivity contribution in [3.63, 3.8) is 0 Å². The van der Waals surface area contributed by atoms with Gasteiger partial charge in [-0.15, -0.1) is 11.3 Å². The van der Waals surface area contributed by atoms with Gasteiger partial charge in [-0.05, 0) is 36.1 Å². The molecule has 7 N–H and O–H groups in total. The zero-order chi connectivity index (χ0) is 26.1. The lowest BCUT2D eigenvalue weighted by molar-refractivity contribution is -0.123. The van der Waals surface area contributed by atoms with E-state index >= 15 is 0 Å². The van der Waals surface area contributed by atoms with Crippen molar-refractivity contribution in [3.8, 4) is 0 Å². The highest BCUT2D eigenvalue weighted by Crippen LogP contribution is 2.23. The number of ether oxygens (including phenoxy) is 1. The van der Waals surface area contributed by atoms with Crippen LogP contribution in [-0.4, -0.2) is 43.1 Å². The number of hydrogen-bond acceptors (Lipinski definition) is 8. The summed E-state index contributed by atoms with van der Waals surface area (Å²) in [6.45, 7) is 1.99. The van der Waals surface area contributed by atoms with Gasteiger partial charge in [-0.1, -0.05) is 49.4 Å². The molecular weight excluding hydrogens is 518 g/mol. The van der Waals surface area contributed by atoms with Crippen LogP contribution in [0.2, 0.25) is 0 Å². The molecule has 0 aliphatic carbocycles. The third kappa shape index (κ3) is 9.46. The lowest BCUT2D eigenvalue weighted by Gasteiger charge is -2.23. The summed E-state index contributed by atoms with van der Waals surface area (Å²) in [5.41, 5.74) is 2.55. The van der Waals surface area contributed by atoms with Gasteiger partial charge in [0.05, 0.1) is 29.5 Å². The number of aryl methyl sites for hydroxylation is 1. The van der Waals surface area contributed by atoms with Crippen LogP contribution in [0.4, 0.5) is 10.5 Å². The van der Waals surface area contributed by atoms with E-state index in [-0.39, 0.29) is 18.3 Å². The molecule has 200 valence electrons. The predicted molar refractivity (Wildman–Crippen MR) is 142 cm³/mol. The summed E-state index contributed by atoms with van der Waals surface area (Å²) >= 11 is 1.49. The van der Waals surface area contributed by atoms with E-state index in [0.717, 1.165) is 22.6 Å². The number of thiazole rings is 1. The Morgan fingerprint density at radius 3 is 2.24 bits per heavy atom. The molecule has 11 nitrogen and oxygen atoms in total. The topological polar surface area (TPSA) is 182 Å². The van der Waals surface area contributed by atoms with E-state index < -0.39 is 34.4 Å². The number of anilines is 1. The first-order chi connectivity index (χ1) is 17.2. The highest BCUT2D eigenvalue weighted by atomic mass is 32.2. The van der Waals surface area contributed by atoms with Crippen molar-refractivity contribution in [2.24, 2.45) is 0 Å². The zero-order valence-corrected chi connectivity index (χ0v) is 22.1. The molecule has 0 bridgehead atoms. The fraction of sp³-hybridized carbons (Fsp3) is 0.292. The van der Waals surface area contributed by atoms with Crippen LogP contribution in [0.3, 0.4) is 0 Å². The number of benzene rings is 2. The Hall–Kier alpha value is -3.52. The third-order valence-electron chi connectivity index (χ3n) is 5.26. The van der Waals surface area contributed by atoms with E-state index in [2.05, 4.69) is 15.6 Å². The van der Waals surface area contributed by atoms with Gasteiger partial charge in [0.1, 0.15) is 6.04 Å². The highest BCUT2D eigenvalue weighted by molar-refractivity contribution is 7.87. The van der Waals surface area contributed by atoms with E-state index in [1.807, 2.05) is 47.4 Å². The molecule has 3 rings (SSSR count). The van der Waals surface area contributed by atoms with Crippen LogP contribution in [0.15, 0.2) is 60.0 Å². The normalized spacial score (nSPS) is 12.5.